The summed E-state index contributed by atoms with van der Waals surface area (Å²) < 4.78 is 18.8. The molecule has 0 bridgehead atoms. The predicted molar refractivity (Wildman–Crippen MR) is 87.3 cm³/mol. The predicted octanol–water partition coefficient (Wildman–Crippen LogP) is 4.52. The minimum Gasteiger partial charge on any atom is -0.423 e. The van der Waals surface area contributed by atoms with Crippen LogP contribution < -0.4 is 4.74 Å². The molecule has 0 aliphatic rings. The number of nitrogens with zero attached hydrogens (tertiary/aromatic N) is 1. The van der Waals surface area contributed by atoms with Gasteiger partial charge in [-0.25, -0.2) is 9.18 Å². The number of pyridine rings is 1. The van der Waals surface area contributed by atoms with E-state index in [2.05, 4.69) is 4.98 Å². The standard InChI is InChI=1S/C19H16FNO2/c1-11-6-12(2)8-16(7-11)23-19(22)17-10-14-9-15(20)4-5-18(14)21-13(17)3/h4-10H,1-3H3. The molecule has 0 fully saturated rings. The van der Waals surface area contributed by atoms with E-state index in [0.717, 1.165) is 11.1 Å². The third-order valence-corrected chi connectivity index (χ3v) is 3.59. The molecule has 4 heteroatoms. The topological polar surface area (TPSA) is 39.2 Å². The summed E-state index contributed by atoms with van der Waals surface area (Å²) in [6, 6.07) is 11.5. The maximum Gasteiger partial charge on any atom is 0.345 e. The second-order valence-corrected chi connectivity index (χ2v) is 5.67. The summed E-state index contributed by atoms with van der Waals surface area (Å²) in [5, 5.41) is 0.572. The van der Waals surface area contributed by atoms with Crippen molar-refractivity contribution >= 4 is 16.9 Å². The largest absolute Gasteiger partial charge is 0.423 e. The molecule has 3 nitrogen and oxygen atoms in total. The van der Waals surface area contributed by atoms with Gasteiger partial charge in [-0.15, -0.1) is 0 Å². The second-order valence-electron chi connectivity index (χ2n) is 5.67. The van der Waals surface area contributed by atoms with E-state index in [0.29, 0.717) is 27.9 Å². The molecule has 0 unspecified atom stereocenters. The Morgan fingerprint density at radius 3 is 2.39 bits per heavy atom. The number of benzene rings is 2. The van der Waals surface area contributed by atoms with Gasteiger partial charge in [0.1, 0.15) is 11.6 Å². The molecule has 1 heterocycles. The molecule has 0 spiro atoms. The summed E-state index contributed by atoms with van der Waals surface area (Å²) in [6.07, 6.45) is 0. The average Bonchev–Trinajstić information content (AvgIpc) is 2.45. The number of aromatic nitrogens is 1. The number of carbonyl (C=O) groups is 1. The lowest BCUT2D eigenvalue weighted by molar-refractivity contribution is 0.0733. The summed E-state index contributed by atoms with van der Waals surface area (Å²) in [6.45, 7) is 5.62. The zero-order valence-corrected chi connectivity index (χ0v) is 13.2. The molecule has 0 radical (unpaired) electrons. The number of ether oxygens (including phenoxy) is 1. The number of rotatable bonds is 2. The molecule has 0 saturated heterocycles. The summed E-state index contributed by atoms with van der Waals surface area (Å²) in [5.41, 5.74) is 3.57. The van der Waals surface area contributed by atoms with Crippen molar-refractivity contribution in [1.82, 2.24) is 4.98 Å². The maximum absolute atomic E-state index is 13.4. The van der Waals surface area contributed by atoms with Gasteiger partial charge in [0.05, 0.1) is 16.8 Å². The Balaban J connectivity index is 1.98. The van der Waals surface area contributed by atoms with Crippen LogP contribution >= 0.6 is 0 Å². The third kappa shape index (κ3) is 3.21. The van der Waals surface area contributed by atoms with E-state index >= 15 is 0 Å². The SMILES string of the molecule is Cc1cc(C)cc(OC(=O)c2cc3cc(F)ccc3nc2C)c1. The van der Waals surface area contributed by atoms with Crippen LogP contribution in [0.15, 0.2) is 42.5 Å². The number of aryl methyl sites for hydroxylation is 3. The summed E-state index contributed by atoms with van der Waals surface area (Å²) in [4.78, 5) is 16.8. The number of halogens is 1. The third-order valence-electron chi connectivity index (χ3n) is 3.59. The van der Waals surface area contributed by atoms with E-state index in [1.54, 1.807) is 31.2 Å². The summed E-state index contributed by atoms with van der Waals surface area (Å²) in [7, 11) is 0. The van der Waals surface area contributed by atoms with E-state index in [4.69, 9.17) is 4.74 Å². The Hall–Kier alpha value is -2.75. The smallest absolute Gasteiger partial charge is 0.345 e. The first-order chi connectivity index (χ1) is 10.9. The van der Waals surface area contributed by atoms with Crippen LogP contribution in [0.1, 0.15) is 27.2 Å². The molecule has 3 aromatic rings. The fraction of sp³-hybridized carbons (Fsp3) is 0.158. The molecular weight excluding hydrogens is 293 g/mol. The number of carbonyl (C=O) groups excluding carboxylic acids is 1. The lowest BCUT2D eigenvalue weighted by Crippen LogP contribution is -2.11. The van der Waals surface area contributed by atoms with Crippen LogP contribution in [0.25, 0.3) is 10.9 Å². The molecule has 0 saturated carbocycles. The first-order valence-electron chi connectivity index (χ1n) is 7.30. The van der Waals surface area contributed by atoms with Crippen LogP contribution in [-0.4, -0.2) is 11.0 Å². The lowest BCUT2D eigenvalue weighted by Gasteiger charge is -2.09. The Morgan fingerprint density at radius 2 is 1.70 bits per heavy atom. The molecule has 116 valence electrons. The van der Waals surface area contributed by atoms with Gasteiger partial charge in [-0.2, -0.15) is 0 Å². The van der Waals surface area contributed by atoms with Crippen molar-refractivity contribution in [1.29, 1.82) is 0 Å². The maximum atomic E-state index is 13.4. The van der Waals surface area contributed by atoms with Crippen molar-refractivity contribution in [2.24, 2.45) is 0 Å². The van der Waals surface area contributed by atoms with E-state index in [9.17, 15) is 9.18 Å². The van der Waals surface area contributed by atoms with Crippen LogP contribution in [-0.2, 0) is 0 Å². The van der Waals surface area contributed by atoms with Gasteiger partial charge in [0, 0.05) is 5.39 Å². The van der Waals surface area contributed by atoms with Gasteiger partial charge in [-0.05, 0) is 68.3 Å². The first-order valence-corrected chi connectivity index (χ1v) is 7.30. The highest BCUT2D eigenvalue weighted by atomic mass is 19.1. The molecule has 2 aromatic carbocycles. The van der Waals surface area contributed by atoms with Crippen LogP contribution in [0, 0.1) is 26.6 Å². The molecule has 1 aromatic heterocycles. The summed E-state index contributed by atoms with van der Waals surface area (Å²) in [5.74, 6) is -0.367. The van der Waals surface area contributed by atoms with Gasteiger partial charge in [-0.1, -0.05) is 6.07 Å². The Morgan fingerprint density at radius 1 is 1.00 bits per heavy atom. The van der Waals surface area contributed by atoms with Crippen LogP contribution in [0.5, 0.6) is 5.75 Å². The molecular formula is C19H16FNO2. The molecule has 23 heavy (non-hydrogen) atoms. The summed E-state index contributed by atoms with van der Waals surface area (Å²) >= 11 is 0. The van der Waals surface area contributed by atoms with Crippen molar-refractivity contribution in [3.63, 3.8) is 0 Å². The van der Waals surface area contributed by atoms with Crippen LogP contribution in [0.2, 0.25) is 0 Å². The number of hydrogen-bond donors (Lipinski definition) is 0. The van der Waals surface area contributed by atoms with Crippen LogP contribution in [0.3, 0.4) is 0 Å². The monoisotopic (exact) mass is 309 g/mol. The fourth-order valence-corrected chi connectivity index (χ4v) is 2.60. The minimum absolute atomic E-state index is 0.335. The molecule has 0 atom stereocenters. The van der Waals surface area contributed by atoms with Crippen molar-refractivity contribution in [3.05, 3.63) is 70.7 Å². The number of fused-ring (bicyclic) bond motifs is 1. The van der Waals surface area contributed by atoms with Gasteiger partial charge in [0.2, 0.25) is 0 Å². The van der Waals surface area contributed by atoms with Gasteiger partial charge in [-0.3, -0.25) is 4.98 Å². The molecule has 0 N–H and O–H groups in total. The quantitative estimate of drug-likeness (QED) is 0.516. The van der Waals surface area contributed by atoms with Gasteiger partial charge in [0.15, 0.2) is 0 Å². The normalized spacial score (nSPS) is 10.8. The Labute approximate surface area is 133 Å². The van der Waals surface area contributed by atoms with E-state index in [-0.39, 0.29) is 5.82 Å². The average molecular weight is 309 g/mol. The fourth-order valence-electron chi connectivity index (χ4n) is 2.60. The van der Waals surface area contributed by atoms with Gasteiger partial charge < -0.3 is 4.74 Å². The zero-order chi connectivity index (χ0) is 16.6. The van der Waals surface area contributed by atoms with Crippen molar-refractivity contribution in [2.75, 3.05) is 0 Å². The van der Waals surface area contributed by atoms with Crippen LogP contribution in [0.4, 0.5) is 4.39 Å². The highest BCUT2D eigenvalue weighted by Gasteiger charge is 2.15. The van der Waals surface area contributed by atoms with Crippen molar-refractivity contribution < 1.29 is 13.9 Å². The number of hydrogen-bond acceptors (Lipinski definition) is 3. The van der Waals surface area contributed by atoms with Crippen molar-refractivity contribution in [3.8, 4) is 5.75 Å². The minimum atomic E-state index is -0.494. The molecule has 0 aliphatic heterocycles. The molecule has 0 amide bonds. The lowest BCUT2D eigenvalue weighted by atomic mass is 10.1. The zero-order valence-electron chi connectivity index (χ0n) is 13.2. The highest BCUT2D eigenvalue weighted by molar-refractivity contribution is 5.96. The Bertz CT molecular complexity index is 898. The molecule has 0 aliphatic carbocycles. The van der Waals surface area contributed by atoms with Gasteiger partial charge >= 0.3 is 5.97 Å². The number of esters is 1. The Kier molecular flexibility index (Phi) is 3.82. The molecule has 3 rings (SSSR count). The van der Waals surface area contributed by atoms with Gasteiger partial charge in [0.25, 0.3) is 0 Å². The van der Waals surface area contributed by atoms with Crippen molar-refractivity contribution in [2.45, 2.75) is 20.8 Å². The second kappa shape index (κ2) is 5.80. The van der Waals surface area contributed by atoms with E-state index < -0.39 is 5.97 Å². The van der Waals surface area contributed by atoms with E-state index in [1.165, 1.54) is 12.1 Å². The first kappa shape index (κ1) is 15.2. The highest BCUT2D eigenvalue weighted by Crippen LogP contribution is 2.21. The van der Waals surface area contributed by atoms with E-state index in [1.807, 2.05) is 19.9 Å².